The van der Waals surface area contributed by atoms with Crippen LogP contribution in [0.3, 0.4) is 0 Å². The summed E-state index contributed by atoms with van der Waals surface area (Å²) >= 11 is 5.87. The number of rotatable bonds is 2. The van der Waals surface area contributed by atoms with E-state index in [2.05, 4.69) is 4.98 Å². The number of ether oxygens (including phenoxy) is 1. The van der Waals surface area contributed by atoms with Crippen LogP contribution < -0.4 is 4.74 Å². The number of nitrogens with zero attached hydrogens (tertiary/aromatic N) is 1. The topological polar surface area (TPSA) is 42.4 Å². The van der Waals surface area contributed by atoms with Crippen LogP contribution in [0, 0.1) is 5.82 Å². The van der Waals surface area contributed by atoms with Gasteiger partial charge < -0.3 is 9.84 Å². The van der Waals surface area contributed by atoms with Gasteiger partial charge in [0.1, 0.15) is 24.3 Å². The molecule has 0 spiro atoms. The van der Waals surface area contributed by atoms with Crippen molar-refractivity contribution in [2.24, 2.45) is 0 Å². The number of hydrogen-bond acceptors (Lipinski definition) is 3. The highest BCUT2D eigenvalue weighted by molar-refractivity contribution is 6.31. The van der Waals surface area contributed by atoms with E-state index in [0.29, 0.717) is 23.3 Å². The predicted molar refractivity (Wildman–Crippen MR) is 117 cm³/mol. The lowest BCUT2D eigenvalue weighted by molar-refractivity contribution is 0.218. The first kappa shape index (κ1) is 18.8. The van der Waals surface area contributed by atoms with Gasteiger partial charge in [0.2, 0.25) is 0 Å². The predicted octanol–water partition coefficient (Wildman–Crippen LogP) is 6.17. The van der Waals surface area contributed by atoms with Gasteiger partial charge in [-0.2, -0.15) is 0 Å². The molecule has 3 nitrogen and oxygen atoms in total. The Morgan fingerprint density at radius 2 is 1.87 bits per heavy atom. The molecule has 0 fully saturated rings. The van der Waals surface area contributed by atoms with E-state index in [1.807, 2.05) is 66.7 Å². The van der Waals surface area contributed by atoms with Gasteiger partial charge in [-0.3, -0.25) is 0 Å². The normalized spacial score (nSPS) is 15.5. The molecule has 0 amide bonds. The quantitative estimate of drug-likeness (QED) is 0.424. The molecule has 1 aromatic heterocycles. The van der Waals surface area contributed by atoms with E-state index in [0.717, 1.165) is 27.9 Å². The number of pyridine rings is 1. The Balaban J connectivity index is 1.47. The second kappa shape index (κ2) is 7.56. The molecule has 148 valence electrons. The second-order valence-electron chi connectivity index (χ2n) is 7.22. The fourth-order valence-corrected chi connectivity index (χ4v) is 3.84. The molecule has 1 N–H and O–H groups in total. The lowest BCUT2D eigenvalue weighted by atomic mass is 9.96. The maximum Gasteiger partial charge on any atom is 0.142 e. The molecule has 0 bridgehead atoms. The van der Waals surface area contributed by atoms with E-state index in [1.165, 1.54) is 12.1 Å². The van der Waals surface area contributed by atoms with Crippen LogP contribution in [-0.4, -0.2) is 10.1 Å². The largest absolute Gasteiger partial charge is 0.488 e. The van der Waals surface area contributed by atoms with Crippen LogP contribution in [-0.2, 0) is 6.61 Å². The summed E-state index contributed by atoms with van der Waals surface area (Å²) in [4.78, 5) is 4.53. The van der Waals surface area contributed by atoms with E-state index in [1.54, 1.807) is 0 Å². The van der Waals surface area contributed by atoms with E-state index >= 15 is 0 Å². The van der Waals surface area contributed by atoms with Crippen molar-refractivity contribution in [3.63, 3.8) is 0 Å². The molecule has 1 unspecified atom stereocenters. The molecule has 2 heterocycles. The van der Waals surface area contributed by atoms with Crippen LogP contribution >= 0.6 is 11.6 Å². The Labute approximate surface area is 178 Å². The average Bonchev–Trinajstić information content (AvgIpc) is 2.90. The van der Waals surface area contributed by atoms with E-state index in [-0.39, 0.29) is 5.02 Å². The molecule has 3 aromatic carbocycles. The van der Waals surface area contributed by atoms with Crippen molar-refractivity contribution in [1.29, 1.82) is 0 Å². The number of aromatic nitrogens is 1. The van der Waals surface area contributed by atoms with Crippen LogP contribution in [0.2, 0.25) is 5.02 Å². The average molecular weight is 418 g/mol. The highest BCUT2D eigenvalue weighted by Gasteiger charge is 2.22. The number of hydrogen-bond donors (Lipinski definition) is 1. The monoisotopic (exact) mass is 417 g/mol. The Kier molecular flexibility index (Phi) is 4.74. The lowest BCUT2D eigenvalue weighted by Gasteiger charge is -2.13. The molecule has 5 heteroatoms. The van der Waals surface area contributed by atoms with Gasteiger partial charge in [-0.1, -0.05) is 54.1 Å². The molecule has 30 heavy (non-hydrogen) atoms. The van der Waals surface area contributed by atoms with Crippen molar-refractivity contribution in [3.05, 3.63) is 106 Å². The van der Waals surface area contributed by atoms with Gasteiger partial charge >= 0.3 is 0 Å². The van der Waals surface area contributed by atoms with Crippen molar-refractivity contribution in [1.82, 2.24) is 4.98 Å². The zero-order valence-corrected chi connectivity index (χ0v) is 16.6. The minimum Gasteiger partial charge on any atom is -0.488 e. The maximum absolute atomic E-state index is 13.6. The number of benzene rings is 3. The zero-order valence-electron chi connectivity index (χ0n) is 15.8. The molecule has 1 atom stereocenters. The summed E-state index contributed by atoms with van der Waals surface area (Å²) in [5.41, 5.74) is 4.84. The highest BCUT2D eigenvalue weighted by Crippen LogP contribution is 2.36. The molecule has 0 aliphatic carbocycles. The molecule has 1 aliphatic rings. The molecular weight excluding hydrogens is 401 g/mol. The summed E-state index contributed by atoms with van der Waals surface area (Å²) in [6, 6.07) is 20.0. The summed E-state index contributed by atoms with van der Waals surface area (Å²) in [5.74, 6) is 0.220. The molecule has 1 aliphatic heterocycles. The Bertz CT molecular complexity index is 1300. The van der Waals surface area contributed by atoms with Crippen LogP contribution in [0.5, 0.6) is 5.75 Å². The van der Waals surface area contributed by atoms with Crippen molar-refractivity contribution < 1.29 is 14.2 Å². The third kappa shape index (κ3) is 3.45. The van der Waals surface area contributed by atoms with Crippen LogP contribution in [0.25, 0.3) is 23.1 Å². The minimum atomic E-state index is -0.747. The smallest absolute Gasteiger partial charge is 0.142 e. The summed E-state index contributed by atoms with van der Waals surface area (Å²) in [5, 5.41) is 11.7. The number of halogens is 2. The van der Waals surface area contributed by atoms with Gasteiger partial charge in [0, 0.05) is 10.9 Å². The molecule has 4 aromatic rings. The first-order valence-electron chi connectivity index (χ1n) is 9.55. The molecule has 0 saturated carbocycles. The summed E-state index contributed by atoms with van der Waals surface area (Å²) in [6.45, 7) is 0.430. The first-order valence-corrected chi connectivity index (χ1v) is 9.93. The number of aliphatic hydroxyl groups excluding tert-OH is 1. The van der Waals surface area contributed by atoms with Gasteiger partial charge in [-0.25, -0.2) is 9.37 Å². The highest BCUT2D eigenvalue weighted by atomic mass is 35.5. The van der Waals surface area contributed by atoms with Crippen LogP contribution in [0.4, 0.5) is 4.39 Å². The van der Waals surface area contributed by atoms with Crippen molar-refractivity contribution in [2.45, 2.75) is 12.7 Å². The van der Waals surface area contributed by atoms with Gasteiger partial charge in [-0.05, 0) is 53.1 Å². The molecular formula is C25H17ClFNO2. The SMILES string of the molecule is OC1c2ccccc2COc2ccc(/C=C/c3ccc4cc(F)c(Cl)cc4n3)cc21. The van der Waals surface area contributed by atoms with Gasteiger partial charge in [-0.15, -0.1) is 0 Å². The standard InChI is InChI=1S/C25H17ClFNO2/c26-21-13-23-16(12-22(21)27)7-9-18(28-23)8-5-15-6-10-24-20(11-15)25(29)19-4-2-1-3-17(19)14-30-24/h1-13,25,29H,14H2/b8-5+. The summed E-state index contributed by atoms with van der Waals surface area (Å²) < 4.78 is 19.5. The zero-order chi connectivity index (χ0) is 20.7. The Morgan fingerprint density at radius 1 is 1.00 bits per heavy atom. The second-order valence-corrected chi connectivity index (χ2v) is 7.62. The third-order valence-electron chi connectivity index (χ3n) is 5.26. The summed E-state index contributed by atoms with van der Waals surface area (Å²) in [6.07, 6.45) is 3.04. The third-order valence-corrected chi connectivity index (χ3v) is 5.55. The molecule has 0 radical (unpaired) electrons. The number of aliphatic hydroxyl groups is 1. The Morgan fingerprint density at radius 3 is 2.77 bits per heavy atom. The van der Waals surface area contributed by atoms with E-state index in [4.69, 9.17) is 16.3 Å². The summed E-state index contributed by atoms with van der Waals surface area (Å²) in [7, 11) is 0. The van der Waals surface area contributed by atoms with Crippen molar-refractivity contribution >= 4 is 34.7 Å². The number of fused-ring (bicyclic) bond motifs is 3. The van der Waals surface area contributed by atoms with Gasteiger partial charge in [0.05, 0.1) is 16.2 Å². The molecule has 5 rings (SSSR count). The Hall–Kier alpha value is -3.21. The van der Waals surface area contributed by atoms with Crippen molar-refractivity contribution in [2.75, 3.05) is 0 Å². The van der Waals surface area contributed by atoms with E-state index < -0.39 is 11.9 Å². The van der Waals surface area contributed by atoms with Gasteiger partial charge in [0.25, 0.3) is 0 Å². The fraction of sp³-hybridized carbons (Fsp3) is 0.0800. The van der Waals surface area contributed by atoms with Crippen LogP contribution in [0.1, 0.15) is 34.1 Å². The first-order chi connectivity index (χ1) is 14.6. The van der Waals surface area contributed by atoms with Crippen molar-refractivity contribution in [3.8, 4) is 5.75 Å². The molecule has 0 saturated heterocycles. The minimum absolute atomic E-state index is 0.0520. The fourth-order valence-electron chi connectivity index (χ4n) is 3.68. The van der Waals surface area contributed by atoms with Gasteiger partial charge in [0.15, 0.2) is 0 Å². The van der Waals surface area contributed by atoms with E-state index in [9.17, 15) is 9.50 Å². The lowest BCUT2D eigenvalue weighted by Crippen LogP contribution is -2.01. The van der Waals surface area contributed by atoms with Crippen LogP contribution in [0.15, 0.2) is 66.7 Å². The maximum atomic E-state index is 13.6.